The van der Waals surface area contributed by atoms with Crippen molar-refractivity contribution in [2.24, 2.45) is 0 Å². The lowest BCUT2D eigenvalue weighted by Crippen LogP contribution is -2.13. The smallest absolute Gasteiger partial charge is 0.340 e. The van der Waals surface area contributed by atoms with Crippen molar-refractivity contribution in [3.05, 3.63) is 28.3 Å². The third-order valence-electron chi connectivity index (χ3n) is 3.31. The normalized spacial score (nSPS) is 10.8. The van der Waals surface area contributed by atoms with Crippen molar-refractivity contribution < 1.29 is 14.3 Å². The van der Waals surface area contributed by atoms with Gasteiger partial charge in [0.25, 0.3) is 0 Å². The van der Waals surface area contributed by atoms with Crippen molar-refractivity contribution in [2.45, 2.75) is 39.3 Å². The number of hydrogen-bond donors (Lipinski definition) is 2. The molecule has 0 fully saturated rings. The molecule has 7 nitrogen and oxygen atoms in total. The number of aromatic amines is 2. The number of thioether (sulfide) groups is 1. The minimum Gasteiger partial charge on any atom is -0.462 e. The van der Waals surface area contributed by atoms with E-state index in [0.717, 1.165) is 12.2 Å². The van der Waals surface area contributed by atoms with Crippen LogP contribution in [0.2, 0.25) is 0 Å². The van der Waals surface area contributed by atoms with Gasteiger partial charge >= 0.3 is 5.97 Å². The second-order valence-electron chi connectivity index (χ2n) is 4.98. The molecule has 0 atom stereocenters. The van der Waals surface area contributed by atoms with Crippen LogP contribution in [0.3, 0.4) is 0 Å². The van der Waals surface area contributed by atoms with Gasteiger partial charge in [-0.15, -0.1) is 5.10 Å². The Morgan fingerprint density at radius 1 is 1.17 bits per heavy atom. The number of carbonyl (C=O) groups excluding carboxylic acids is 2. The zero-order chi connectivity index (χ0) is 17.0. The molecule has 0 aliphatic rings. The second-order valence-corrected chi connectivity index (χ2v) is 5.92. The number of ketones is 1. The van der Waals surface area contributed by atoms with Gasteiger partial charge in [0.05, 0.1) is 23.5 Å². The molecule has 0 aliphatic carbocycles. The van der Waals surface area contributed by atoms with Gasteiger partial charge in [0.15, 0.2) is 5.78 Å². The van der Waals surface area contributed by atoms with Gasteiger partial charge in [-0.3, -0.25) is 9.89 Å². The van der Waals surface area contributed by atoms with Crippen molar-refractivity contribution in [3.63, 3.8) is 0 Å². The molecular formula is C15H20N4O3S. The molecule has 0 aromatic carbocycles. The summed E-state index contributed by atoms with van der Waals surface area (Å²) in [6, 6.07) is 0. The Kier molecular flexibility index (Phi) is 5.59. The van der Waals surface area contributed by atoms with E-state index in [1.54, 1.807) is 20.8 Å². The van der Waals surface area contributed by atoms with Crippen LogP contribution in [-0.2, 0) is 11.2 Å². The Hall–Kier alpha value is -2.09. The Balaban J connectivity index is 2.16. The summed E-state index contributed by atoms with van der Waals surface area (Å²) in [4.78, 5) is 31.9. The van der Waals surface area contributed by atoms with E-state index < -0.39 is 5.97 Å². The highest BCUT2D eigenvalue weighted by atomic mass is 32.2. The summed E-state index contributed by atoms with van der Waals surface area (Å²) < 4.78 is 5.05. The molecule has 2 aromatic rings. The minimum atomic E-state index is -0.478. The Labute approximate surface area is 138 Å². The maximum absolute atomic E-state index is 12.5. The summed E-state index contributed by atoms with van der Waals surface area (Å²) in [5, 5.41) is 7.38. The van der Waals surface area contributed by atoms with E-state index in [2.05, 4.69) is 20.2 Å². The maximum atomic E-state index is 12.5. The number of Topliss-reactive ketones (excluding diaryl/α,β-unsaturated/α-hetero) is 1. The van der Waals surface area contributed by atoms with Crippen LogP contribution in [0.4, 0.5) is 0 Å². The van der Waals surface area contributed by atoms with Gasteiger partial charge in [-0.05, 0) is 20.8 Å². The fourth-order valence-electron chi connectivity index (χ4n) is 2.29. The lowest BCUT2D eigenvalue weighted by atomic mass is 10.1. The Morgan fingerprint density at radius 3 is 2.48 bits per heavy atom. The van der Waals surface area contributed by atoms with Gasteiger partial charge < -0.3 is 9.72 Å². The molecule has 23 heavy (non-hydrogen) atoms. The summed E-state index contributed by atoms with van der Waals surface area (Å²) in [5.74, 6) is 0.309. The first-order valence-corrected chi connectivity index (χ1v) is 8.40. The van der Waals surface area contributed by atoms with Crippen molar-refractivity contribution in [3.8, 4) is 0 Å². The van der Waals surface area contributed by atoms with Crippen LogP contribution >= 0.6 is 11.8 Å². The number of esters is 1. The van der Waals surface area contributed by atoms with E-state index in [-0.39, 0.29) is 18.1 Å². The second kappa shape index (κ2) is 7.45. The van der Waals surface area contributed by atoms with E-state index in [1.165, 1.54) is 11.8 Å². The highest BCUT2D eigenvalue weighted by molar-refractivity contribution is 7.99. The van der Waals surface area contributed by atoms with Crippen LogP contribution in [-0.4, -0.2) is 44.3 Å². The minimum absolute atomic E-state index is 0.150. The van der Waals surface area contributed by atoms with Crippen LogP contribution in [0.15, 0.2) is 5.16 Å². The predicted molar refractivity (Wildman–Crippen MR) is 87.0 cm³/mol. The summed E-state index contributed by atoms with van der Waals surface area (Å²) in [5.41, 5.74) is 2.01. The molecule has 0 unspecified atom stereocenters. The fourth-order valence-corrected chi connectivity index (χ4v) is 2.98. The first-order chi connectivity index (χ1) is 11.0. The lowest BCUT2D eigenvalue weighted by molar-refractivity contribution is 0.0522. The summed E-state index contributed by atoms with van der Waals surface area (Å²) in [7, 11) is 0. The van der Waals surface area contributed by atoms with Crippen molar-refractivity contribution in [1.82, 2.24) is 20.2 Å². The number of carbonyl (C=O) groups is 2. The molecule has 2 N–H and O–H groups in total. The first-order valence-electron chi connectivity index (χ1n) is 7.41. The van der Waals surface area contributed by atoms with E-state index in [0.29, 0.717) is 27.7 Å². The largest absolute Gasteiger partial charge is 0.462 e. The number of rotatable bonds is 7. The third-order valence-corrected chi connectivity index (χ3v) is 4.16. The molecule has 0 spiro atoms. The molecule has 124 valence electrons. The zero-order valence-corrected chi connectivity index (χ0v) is 14.5. The SMILES string of the molecule is CCOC(=O)c1c(C)[nH]c(C)c1C(=O)CSc1n[nH]c(CC)n1. The molecule has 2 heterocycles. The number of hydrogen-bond acceptors (Lipinski definition) is 6. The average molecular weight is 336 g/mol. The standard InChI is InChI=1S/C15H20N4O3S/c1-5-11-17-15(19-18-11)23-7-10(20)12-8(3)16-9(4)13(12)14(21)22-6-2/h16H,5-7H2,1-4H3,(H,17,18,19). The molecule has 0 bridgehead atoms. The summed E-state index contributed by atoms with van der Waals surface area (Å²) >= 11 is 1.24. The molecule has 0 aliphatic heterocycles. The molecular weight excluding hydrogens is 316 g/mol. The third kappa shape index (κ3) is 3.82. The zero-order valence-electron chi connectivity index (χ0n) is 13.6. The van der Waals surface area contributed by atoms with E-state index in [4.69, 9.17) is 4.74 Å². The molecule has 8 heteroatoms. The van der Waals surface area contributed by atoms with Gasteiger partial charge in [-0.2, -0.15) is 0 Å². The number of H-pyrrole nitrogens is 2. The Bertz CT molecular complexity index is 720. The van der Waals surface area contributed by atoms with Gasteiger partial charge in [0.1, 0.15) is 5.82 Å². The first kappa shape index (κ1) is 17.3. The van der Waals surface area contributed by atoms with Gasteiger partial charge in [-0.1, -0.05) is 18.7 Å². The fraction of sp³-hybridized carbons (Fsp3) is 0.467. The van der Waals surface area contributed by atoms with Crippen LogP contribution in [0.5, 0.6) is 0 Å². The number of aryl methyl sites for hydroxylation is 3. The monoisotopic (exact) mass is 336 g/mol. The van der Waals surface area contributed by atoms with Crippen molar-refractivity contribution >= 4 is 23.5 Å². The highest BCUT2D eigenvalue weighted by Crippen LogP contribution is 2.23. The van der Waals surface area contributed by atoms with Crippen LogP contribution in [0, 0.1) is 13.8 Å². The van der Waals surface area contributed by atoms with Crippen LogP contribution in [0.25, 0.3) is 0 Å². The predicted octanol–water partition coefficient (Wildman–Crippen LogP) is 2.46. The van der Waals surface area contributed by atoms with E-state index >= 15 is 0 Å². The number of aromatic nitrogens is 4. The van der Waals surface area contributed by atoms with E-state index in [1.807, 2.05) is 6.92 Å². The van der Waals surface area contributed by atoms with Gasteiger partial charge in [-0.25, -0.2) is 9.78 Å². The van der Waals surface area contributed by atoms with Crippen LogP contribution < -0.4 is 0 Å². The van der Waals surface area contributed by atoms with Crippen LogP contribution in [0.1, 0.15) is 51.8 Å². The average Bonchev–Trinajstić information content (AvgIpc) is 3.08. The molecule has 2 aromatic heterocycles. The highest BCUT2D eigenvalue weighted by Gasteiger charge is 2.25. The lowest BCUT2D eigenvalue weighted by Gasteiger charge is -2.05. The van der Waals surface area contributed by atoms with Crippen molar-refractivity contribution in [1.29, 1.82) is 0 Å². The van der Waals surface area contributed by atoms with Gasteiger partial charge in [0.2, 0.25) is 5.16 Å². The number of ether oxygens (including phenoxy) is 1. The quantitative estimate of drug-likeness (QED) is 0.457. The van der Waals surface area contributed by atoms with Gasteiger partial charge in [0, 0.05) is 17.8 Å². The molecule has 0 saturated carbocycles. The molecule has 0 saturated heterocycles. The Morgan fingerprint density at radius 2 is 1.87 bits per heavy atom. The number of nitrogens with one attached hydrogen (secondary N) is 2. The number of nitrogens with zero attached hydrogens (tertiary/aromatic N) is 2. The van der Waals surface area contributed by atoms with Crippen molar-refractivity contribution in [2.75, 3.05) is 12.4 Å². The van der Waals surface area contributed by atoms with E-state index in [9.17, 15) is 9.59 Å². The molecule has 0 amide bonds. The topological polar surface area (TPSA) is 101 Å². The summed E-state index contributed by atoms with van der Waals surface area (Å²) in [6.07, 6.45) is 0.755. The molecule has 0 radical (unpaired) electrons. The molecule has 2 rings (SSSR count). The summed E-state index contributed by atoms with van der Waals surface area (Å²) in [6.45, 7) is 7.50. The maximum Gasteiger partial charge on any atom is 0.340 e.